The molecule has 1 aromatic heterocycles. The van der Waals surface area contributed by atoms with Gasteiger partial charge >= 0.3 is 0 Å². The van der Waals surface area contributed by atoms with Crippen molar-refractivity contribution in [2.45, 2.75) is 13.0 Å². The predicted molar refractivity (Wildman–Crippen MR) is 39.9 cm³/mol. The number of hydrogen-bond acceptors (Lipinski definition) is 1. The van der Waals surface area contributed by atoms with Crippen LogP contribution in [-0.2, 0) is 0 Å². The number of aromatic nitrogens is 1. The Balaban J connectivity index is 2.75. The lowest BCUT2D eigenvalue weighted by Crippen LogP contribution is -2.77. The smallest absolute Gasteiger partial charge is 0.0863 e. The number of pyridine rings is 1. The normalized spacial score (nSPS) is 13.0. The highest BCUT2D eigenvalue weighted by Crippen LogP contribution is 2.03. The van der Waals surface area contributed by atoms with Gasteiger partial charge in [0.05, 0.1) is 6.04 Å². The largest absolute Gasteiger partial charge is 0.473 e. The standard InChI is InChI=1S/C8H12N2/c1-7(9-2)8-4-3-5-10-6-8/h3-7H,2,9H2,1H3. The summed E-state index contributed by atoms with van der Waals surface area (Å²) in [5.74, 6) is 0. The molecule has 54 valence electrons. The molecule has 0 bridgehead atoms. The van der Waals surface area contributed by atoms with E-state index in [1.54, 1.807) is 6.20 Å². The van der Waals surface area contributed by atoms with Gasteiger partial charge < -0.3 is 5.32 Å². The molecule has 0 amide bonds. The first-order valence-corrected chi connectivity index (χ1v) is 3.37. The number of quaternary nitrogens is 1. The van der Waals surface area contributed by atoms with Gasteiger partial charge in [0.2, 0.25) is 0 Å². The maximum Gasteiger partial charge on any atom is 0.0863 e. The molecule has 2 N–H and O–H groups in total. The molecule has 1 atom stereocenters. The highest BCUT2D eigenvalue weighted by Gasteiger charge is 2.00. The van der Waals surface area contributed by atoms with Gasteiger partial charge in [-0.2, -0.15) is 7.05 Å². The molecule has 0 spiro atoms. The Morgan fingerprint density at radius 3 is 3.00 bits per heavy atom. The van der Waals surface area contributed by atoms with Crippen LogP contribution in [-0.4, -0.2) is 4.98 Å². The van der Waals surface area contributed by atoms with Gasteiger partial charge in [0.15, 0.2) is 0 Å². The molecule has 2 nitrogen and oxygen atoms in total. The monoisotopic (exact) mass is 136 g/mol. The van der Waals surface area contributed by atoms with E-state index in [2.05, 4.69) is 25.0 Å². The summed E-state index contributed by atoms with van der Waals surface area (Å²) >= 11 is 0. The van der Waals surface area contributed by atoms with Crippen molar-refractivity contribution in [2.24, 2.45) is 0 Å². The fourth-order valence-electron chi connectivity index (χ4n) is 0.781. The van der Waals surface area contributed by atoms with Gasteiger partial charge in [-0.05, 0) is 13.0 Å². The summed E-state index contributed by atoms with van der Waals surface area (Å²) in [6.45, 7) is 2.10. The molecular weight excluding hydrogens is 124 g/mol. The molecule has 0 aliphatic heterocycles. The van der Waals surface area contributed by atoms with Crippen LogP contribution in [0.15, 0.2) is 24.5 Å². The van der Waals surface area contributed by atoms with E-state index in [0.717, 1.165) is 0 Å². The van der Waals surface area contributed by atoms with E-state index in [4.69, 9.17) is 0 Å². The van der Waals surface area contributed by atoms with Gasteiger partial charge in [-0.25, -0.2) is 0 Å². The second-order valence-electron chi connectivity index (χ2n) is 2.31. The Morgan fingerprint density at radius 1 is 1.70 bits per heavy atom. The lowest BCUT2D eigenvalue weighted by Gasteiger charge is -2.09. The van der Waals surface area contributed by atoms with Gasteiger partial charge in [-0.15, -0.1) is 0 Å². The second kappa shape index (κ2) is 3.32. The third-order valence-electron chi connectivity index (χ3n) is 1.56. The van der Waals surface area contributed by atoms with Crippen molar-refractivity contribution in [2.75, 3.05) is 0 Å². The lowest BCUT2D eigenvalue weighted by atomic mass is 10.1. The predicted octanol–water partition coefficient (Wildman–Crippen LogP) is 0.498. The molecule has 0 saturated carbocycles. The summed E-state index contributed by atoms with van der Waals surface area (Å²) < 4.78 is 0. The zero-order chi connectivity index (χ0) is 7.40. The minimum atomic E-state index is 0.411. The van der Waals surface area contributed by atoms with Crippen LogP contribution in [0.2, 0.25) is 0 Å². The maximum absolute atomic E-state index is 4.01. The second-order valence-corrected chi connectivity index (χ2v) is 2.31. The first-order chi connectivity index (χ1) is 4.84. The van der Waals surface area contributed by atoms with E-state index < -0.39 is 0 Å². The Morgan fingerprint density at radius 2 is 2.50 bits per heavy atom. The Kier molecular flexibility index (Phi) is 2.40. The molecule has 0 saturated heterocycles. The van der Waals surface area contributed by atoms with Crippen LogP contribution in [0.5, 0.6) is 0 Å². The minimum Gasteiger partial charge on any atom is -0.473 e. The van der Waals surface area contributed by atoms with Gasteiger partial charge in [0.25, 0.3) is 0 Å². The zero-order valence-corrected chi connectivity index (χ0v) is 6.12. The topological polar surface area (TPSA) is 29.5 Å². The van der Waals surface area contributed by atoms with Crippen molar-refractivity contribution in [1.82, 2.24) is 4.98 Å². The van der Waals surface area contributed by atoms with Gasteiger partial charge in [0.1, 0.15) is 0 Å². The lowest BCUT2D eigenvalue weighted by molar-refractivity contribution is -0.637. The minimum absolute atomic E-state index is 0.411. The Bertz CT molecular complexity index is 184. The van der Waals surface area contributed by atoms with E-state index in [1.807, 2.05) is 17.6 Å². The SMILES string of the molecule is [CH2-][NH2+]C(C)c1cccnc1. The maximum atomic E-state index is 4.01. The van der Waals surface area contributed by atoms with Crippen LogP contribution < -0.4 is 5.32 Å². The van der Waals surface area contributed by atoms with E-state index in [-0.39, 0.29) is 0 Å². The first-order valence-electron chi connectivity index (χ1n) is 3.37. The molecule has 0 fully saturated rings. The third kappa shape index (κ3) is 1.54. The molecule has 0 aliphatic rings. The summed E-state index contributed by atoms with van der Waals surface area (Å²) in [6.07, 6.45) is 3.64. The van der Waals surface area contributed by atoms with Crippen molar-refractivity contribution in [3.8, 4) is 0 Å². The van der Waals surface area contributed by atoms with Crippen molar-refractivity contribution in [3.63, 3.8) is 0 Å². The van der Waals surface area contributed by atoms with Gasteiger partial charge in [0, 0.05) is 18.0 Å². The Labute approximate surface area is 61.3 Å². The van der Waals surface area contributed by atoms with Crippen molar-refractivity contribution >= 4 is 0 Å². The van der Waals surface area contributed by atoms with Gasteiger partial charge in [-0.1, -0.05) is 6.07 Å². The molecule has 1 aromatic rings. The fourth-order valence-corrected chi connectivity index (χ4v) is 0.781. The molecule has 2 heteroatoms. The van der Waals surface area contributed by atoms with Gasteiger partial charge in [-0.3, -0.25) is 4.98 Å². The molecule has 1 heterocycles. The van der Waals surface area contributed by atoms with E-state index in [9.17, 15) is 0 Å². The van der Waals surface area contributed by atoms with Crippen LogP contribution in [0.1, 0.15) is 18.5 Å². The molecule has 0 radical (unpaired) electrons. The molecule has 0 aromatic carbocycles. The number of nitrogens with zero attached hydrogens (tertiary/aromatic N) is 1. The molecule has 10 heavy (non-hydrogen) atoms. The number of rotatable bonds is 2. The first kappa shape index (κ1) is 7.22. The zero-order valence-electron chi connectivity index (χ0n) is 6.12. The summed E-state index contributed by atoms with van der Waals surface area (Å²) in [6, 6.07) is 4.41. The van der Waals surface area contributed by atoms with E-state index in [0.29, 0.717) is 6.04 Å². The third-order valence-corrected chi connectivity index (χ3v) is 1.56. The molecular formula is C8H12N2. The van der Waals surface area contributed by atoms with E-state index >= 15 is 0 Å². The van der Waals surface area contributed by atoms with Crippen molar-refractivity contribution < 1.29 is 5.32 Å². The Hall–Kier alpha value is -0.890. The van der Waals surface area contributed by atoms with E-state index in [1.165, 1.54) is 5.56 Å². The van der Waals surface area contributed by atoms with Crippen LogP contribution in [0.4, 0.5) is 0 Å². The molecule has 1 rings (SSSR count). The average molecular weight is 136 g/mol. The number of nitrogens with two attached hydrogens (primary N) is 1. The summed E-state index contributed by atoms with van der Waals surface area (Å²) in [5.41, 5.74) is 1.22. The highest BCUT2D eigenvalue weighted by molar-refractivity contribution is 5.10. The average Bonchev–Trinajstić information content (AvgIpc) is 2.05. The summed E-state index contributed by atoms with van der Waals surface area (Å²) in [4.78, 5) is 4.01. The van der Waals surface area contributed by atoms with Crippen LogP contribution in [0.3, 0.4) is 0 Å². The van der Waals surface area contributed by atoms with Crippen LogP contribution >= 0.6 is 0 Å². The van der Waals surface area contributed by atoms with Crippen LogP contribution in [0, 0.1) is 7.05 Å². The fraction of sp³-hybridized carbons (Fsp3) is 0.250. The molecule has 1 unspecified atom stereocenters. The van der Waals surface area contributed by atoms with Crippen LogP contribution in [0.25, 0.3) is 0 Å². The summed E-state index contributed by atoms with van der Waals surface area (Å²) in [7, 11) is 3.71. The highest BCUT2D eigenvalue weighted by atomic mass is 14.9. The van der Waals surface area contributed by atoms with Crippen molar-refractivity contribution in [3.05, 3.63) is 37.1 Å². The number of hydrogen-bond donors (Lipinski definition) is 1. The molecule has 0 aliphatic carbocycles. The summed E-state index contributed by atoms with van der Waals surface area (Å²) in [5, 5.41) is 1.91. The quantitative estimate of drug-likeness (QED) is 0.589. The van der Waals surface area contributed by atoms with Crippen molar-refractivity contribution in [1.29, 1.82) is 0 Å².